The Hall–Kier alpha value is -2.43. The van der Waals surface area contributed by atoms with Crippen molar-refractivity contribution in [1.82, 2.24) is 0 Å². The van der Waals surface area contributed by atoms with Crippen LogP contribution in [0.1, 0.15) is 15.9 Å². The standard InChI is InChI=1S/C14H12F2N2O/c1-8-2-3-12(7-13(8)17)18-14(19)9-4-10(15)6-11(16)5-9/h2-7H,17H2,1H3,(H,18,19). The van der Waals surface area contributed by atoms with E-state index in [1.807, 2.05) is 6.92 Å². The summed E-state index contributed by atoms with van der Waals surface area (Å²) in [4.78, 5) is 11.8. The minimum atomic E-state index is -0.798. The van der Waals surface area contributed by atoms with Crippen molar-refractivity contribution in [2.75, 3.05) is 11.1 Å². The molecule has 0 unspecified atom stereocenters. The number of halogens is 2. The van der Waals surface area contributed by atoms with Gasteiger partial charge in [-0.2, -0.15) is 0 Å². The summed E-state index contributed by atoms with van der Waals surface area (Å²) in [7, 11) is 0. The van der Waals surface area contributed by atoms with Gasteiger partial charge in [-0.3, -0.25) is 4.79 Å². The van der Waals surface area contributed by atoms with Crippen LogP contribution in [0.3, 0.4) is 0 Å². The summed E-state index contributed by atoms with van der Waals surface area (Å²) in [6.45, 7) is 1.84. The quantitative estimate of drug-likeness (QED) is 0.817. The van der Waals surface area contributed by atoms with Crippen LogP contribution in [0.15, 0.2) is 36.4 Å². The van der Waals surface area contributed by atoms with Crippen molar-refractivity contribution >= 4 is 17.3 Å². The summed E-state index contributed by atoms with van der Waals surface area (Å²) >= 11 is 0. The fourth-order valence-corrected chi connectivity index (χ4v) is 1.61. The van der Waals surface area contributed by atoms with Crippen molar-refractivity contribution in [1.29, 1.82) is 0 Å². The molecule has 0 saturated heterocycles. The van der Waals surface area contributed by atoms with E-state index in [0.717, 1.165) is 17.7 Å². The molecule has 0 heterocycles. The molecule has 0 atom stereocenters. The summed E-state index contributed by atoms with van der Waals surface area (Å²) < 4.78 is 26.0. The third kappa shape index (κ3) is 3.07. The monoisotopic (exact) mass is 262 g/mol. The number of nitrogen functional groups attached to an aromatic ring is 1. The number of nitrogens with two attached hydrogens (primary N) is 1. The minimum Gasteiger partial charge on any atom is -0.398 e. The Morgan fingerprint density at radius 3 is 2.32 bits per heavy atom. The van der Waals surface area contributed by atoms with E-state index >= 15 is 0 Å². The molecule has 0 aliphatic heterocycles. The lowest BCUT2D eigenvalue weighted by Gasteiger charge is -2.07. The smallest absolute Gasteiger partial charge is 0.255 e. The fourth-order valence-electron chi connectivity index (χ4n) is 1.61. The predicted octanol–water partition coefficient (Wildman–Crippen LogP) is 3.11. The Labute approximate surface area is 109 Å². The number of benzene rings is 2. The van der Waals surface area contributed by atoms with Gasteiger partial charge in [-0.1, -0.05) is 6.07 Å². The van der Waals surface area contributed by atoms with Gasteiger partial charge < -0.3 is 11.1 Å². The lowest BCUT2D eigenvalue weighted by molar-refractivity contribution is 0.102. The van der Waals surface area contributed by atoms with Crippen molar-refractivity contribution in [3.63, 3.8) is 0 Å². The van der Waals surface area contributed by atoms with E-state index in [9.17, 15) is 13.6 Å². The molecule has 5 heteroatoms. The lowest BCUT2D eigenvalue weighted by Crippen LogP contribution is -2.12. The molecule has 98 valence electrons. The summed E-state index contributed by atoms with van der Waals surface area (Å²) in [5, 5.41) is 2.53. The van der Waals surface area contributed by atoms with E-state index in [-0.39, 0.29) is 5.56 Å². The fraction of sp³-hybridized carbons (Fsp3) is 0.0714. The van der Waals surface area contributed by atoms with Crippen molar-refractivity contribution in [3.8, 4) is 0 Å². The molecule has 2 aromatic rings. The van der Waals surface area contributed by atoms with Gasteiger partial charge in [0.05, 0.1) is 0 Å². The molecule has 0 aromatic heterocycles. The number of carbonyl (C=O) groups excluding carboxylic acids is 1. The lowest BCUT2D eigenvalue weighted by atomic mass is 10.1. The van der Waals surface area contributed by atoms with E-state index in [2.05, 4.69) is 5.32 Å². The first-order chi connectivity index (χ1) is 8.95. The van der Waals surface area contributed by atoms with Gasteiger partial charge in [-0.15, -0.1) is 0 Å². The van der Waals surface area contributed by atoms with Crippen LogP contribution in [-0.4, -0.2) is 5.91 Å². The average molecular weight is 262 g/mol. The maximum absolute atomic E-state index is 13.0. The van der Waals surface area contributed by atoms with Crippen LogP contribution in [0, 0.1) is 18.6 Å². The molecule has 0 saturated carbocycles. The Balaban J connectivity index is 2.22. The van der Waals surface area contributed by atoms with Gasteiger partial charge in [0.2, 0.25) is 0 Å². The summed E-state index contributed by atoms with van der Waals surface area (Å²) in [6, 6.07) is 7.64. The third-order valence-electron chi connectivity index (χ3n) is 2.66. The van der Waals surface area contributed by atoms with Gasteiger partial charge >= 0.3 is 0 Å². The van der Waals surface area contributed by atoms with Crippen molar-refractivity contribution in [3.05, 3.63) is 59.2 Å². The van der Waals surface area contributed by atoms with Crippen LogP contribution in [0.5, 0.6) is 0 Å². The first-order valence-electron chi connectivity index (χ1n) is 5.59. The molecule has 2 rings (SSSR count). The molecule has 0 fully saturated rings. The van der Waals surface area contributed by atoms with Gasteiger partial charge in [-0.25, -0.2) is 8.78 Å². The maximum atomic E-state index is 13.0. The number of amides is 1. The minimum absolute atomic E-state index is 0.0864. The Kier molecular flexibility index (Phi) is 3.46. The second kappa shape index (κ2) is 5.06. The zero-order valence-corrected chi connectivity index (χ0v) is 10.2. The van der Waals surface area contributed by atoms with Gasteiger partial charge in [0.25, 0.3) is 5.91 Å². The van der Waals surface area contributed by atoms with Crippen LogP contribution in [0.25, 0.3) is 0 Å². The van der Waals surface area contributed by atoms with Crippen LogP contribution in [0.4, 0.5) is 20.2 Å². The highest BCUT2D eigenvalue weighted by atomic mass is 19.1. The Morgan fingerprint density at radius 1 is 1.11 bits per heavy atom. The molecule has 0 aliphatic carbocycles. The number of hydrogen-bond acceptors (Lipinski definition) is 2. The van der Waals surface area contributed by atoms with Crippen LogP contribution in [0.2, 0.25) is 0 Å². The molecule has 0 spiro atoms. The number of anilines is 2. The number of hydrogen-bond donors (Lipinski definition) is 2. The molecule has 0 bridgehead atoms. The van der Waals surface area contributed by atoms with Crippen LogP contribution in [-0.2, 0) is 0 Å². The van der Waals surface area contributed by atoms with Crippen LogP contribution < -0.4 is 11.1 Å². The van der Waals surface area contributed by atoms with E-state index in [1.54, 1.807) is 18.2 Å². The zero-order chi connectivity index (χ0) is 14.0. The van der Waals surface area contributed by atoms with Gasteiger partial charge in [0.1, 0.15) is 11.6 Å². The topological polar surface area (TPSA) is 55.1 Å². The first-order valence-corrected chi connectivity index (χ1v) is 5.59. The molecule has 19 heavy (non-hydrogen) atoms. The highest BCUT2D eigenvalue weighted by Gasteiger charge is 2.10. The average Bonchev–Trinajstić information content (AvgIpc) is 2.32. The molecule has 3 N–H and O–H groups in total. The molecular formula is C14H12F2N2O. The molecule has 3 nitrogen and oxygen atoms in total. The Bertz CT molecular complexity index is 621. The van der Waals surface area contributed by atoms with E-state index < -0.39 is 17.5 Å². The van der Waals surface area contributed by atoms with E-state index in [4.69, 9.17) is 5.73 Å². The van der Waals surface area contributed by atoms with Gasteiger partial charge in [0, 0.05) is 23.0 Å². The SMILES string of the molecule is Cc1ccc(NC(=O)c2cc(F)cc(F)c2)cc1N. The predicted molar refractivity (Wildman–Crippen MR) is 69.9 cm³/mol. The molecule has 0 aliphatic rings. The number of carbonyl (C=O) groups is 1. The third-order valence-corrected chi connectivity index (χ3v) is 2.66. The summed E-state index contributed by atoms with van der Waals surface area (Å²) in [5.74, 6) is -2.19. The second-order valence-corrected chi connectivity index (χ2v) is 4.18. The van der Waals surface area contributed by atoms with Crippen molar-refractivity contribution < 1.29 is 13.6 Å². The van der Waals surface area contributed by atoms with Crippen LogP contribution >= 0.6 is 0 Å². The first kappa shape index (κ1) is 13.0. The van der Waals surface area contributed by atoms with Gasteiger partial charge in [0.15, 0.2) is 0 Å². The van der Waals surface area contributed by atoms with Crippen molar-refractivity contribution in [2.24, 2.45) is 0 Å². The second-order valence-electron chi connectivity index (χ2n) is 4.18. The number of aryl methyl sites for hydroxylation is 1. The van der Waals surface area contributed by atoms with E-state index in [0.29, 0.717) is 17.4 Å². The maximum Gasteiger partial charge on any atom is 0.255 e. The Morgan fingerprint density at radius 2 is 1.74 bits per heavy atom. The summed E-state index contributed by atoms with van der Waals surface area (Å²) in [6.07, 6.45) is 0. The normalized spacial score (nSPS) is 10.3. The molecule has 0 radical (unpaired) electrons. The number of nitrogens with one attached hydrogen (secondary N) is 1. The highest BCUT2D eigenvalue weighted by molar-refractivity contribution is 6.04. The highest BCUT2D eigenvalue weighted by Crippen LogP contribution is 2.18. The largest absolute Gasteiger partial charge is 0.398 e. The molecule has 1 amide bonds. The van der Waals surface area contributed by atoms with E-state index in [1.165, 1.54) is 0 Å². The van der Waals surface area contributed by atoms with Crippen molar-refractivity contribution in [2.45, 2.75) is 6.92 Å². The van der Waals surface area contributed by atoms with Gasteiger partial charge in [-0.05, 0) is 36.8 Å². The summed E-state index contributed by atoms with van der Waals surface area (Å²) in [5.41, 5.74) is 7.51. The zero-order valence-electron chi connectivity index (χ0n) is 10.2. The molecule has 2 aromatic carbocycles. The number of rotatable bonds is 2. The molecular weight excluding hydrogens is 250 g/mol.